The van der Waals surface area contributed by atoms with Crippen LogP contribution in [-0.2, 0) is 55.7 Å². The molecule has 2 amide bonds. The normalized spacial score (nSPS) is 21.3. The Morgan fingerprint density at radius 1 is 0.983 bits per heavy atom. The van der Waals surface area contributed by atoms with E-state index in [1.165, 1.54) is 37.3 Å². The van der Waals surface area contributed by atoms with Crippen LogP contribution in [0.5, 0.6) is 0 Å². The number of carbonyl (C=O) groups excluding carboxylic acids is 5. The van der Waals surface area contributed by atoms with Crippen molar-refractivity contribution >= 4 is 35.8 Å². The van der Waals surface area contributed by atoms with Crippen LogP contribution in [0.15, 0.2) is 66.3 Å². The monoisotopic (exact) mass is 816 g/mol. The van der Waals surface area contributed by atoms with E-state index in [0.29, 0.717) is 12.8 Å². The average Bonchev–Trinajstić information content (AvgIpc) is 3.70. The van der Waals surface area contributed by atoms with Gasteiger partial charge in [0.1, 0.15) is 30.0 Å². The number of esters is 3. The molecular formula is C41H47F3N2O12. The molecule has 2 aromatic rings. The Hall–Kier alpha value is -5.10. The van der Waals surface area contributed by atoms with Gasteiger partial charge in [-0.05, 0) is 69.0 Å². The number of hydrogen-bond donors (Lipinski definition) is 4. The van der Waals surface area contributed by atoms with Gasteiger partial charge in [0.15, 0.2) is 12.4 Å². The van der Waals surface area contributed by atoms with Gasteiger partial charge in [-0.1, -0.05) is 42.5 Å². The lowest BCUT2D eigenvalue weighted by atomic mass is 9.91. The Morgan fingerprint density at radius 3 is 2.26 bits per heavy atom. The van der Waals surface area contributed by atoms with Crippen LogP contribution >= 0.6 is 0 Å². The third-order valence-electron chi connectivity index (χ3n) is 9.46. The molecular weight excluding hydrogens is 769 g/mol. The molecule has 14 nitrogen and oxygen atoms in total. The van der Waals surface area contributed by atoms with Gasteiger partial charge in [0, 0.05) is 37.3 Å². The first-order valence-corrected chi connectivity index (χ1v) is 18.7. The fourth-order valence-electron chi connectivity index (χ4n) is 6.87. The molecule has 0 saturated carbocycles. The van der Waals surface area contributed by atoms with Gasteiger partial charge in [0.05, 0.1) is 24.3 Å². The first kappa shape index (κ1) is 44.0. The largest absolute Gasteiger partial charge is 0.460 e. The number of aliphatic hydroxyl groups excluding tert-OH is 2. The van der Waals surface area contributed by atoms with Crippen LogP contribution in [0, 0.1) is 0 Å². The Bertz CT molecular complexity index is 1900. The van der Waals surface area contributed by atoms with Gasteiger partial charge < -0.3 is 44.5 Å². The van der Waals surface area contributed by atoms with Gasteiger partial charge in [-0.3, -0.25) is 14.4 Å². The van der Waals surface area contributed by atoms with Crippen molar-refractivity contribution in [3.8, 4) is 0 Å². The van der Waals surface area contributed by atoms with Gasteiger partial charge >= 0.3 is 24.1 Å². The summed E-state index contributed by atoms with van der Waals surface area (Å²) in [7, 11) is 0. The van der Waals surface area contributed by atoms with Crippen LogP contribution in [0.3, 0.4) is 0 Å². The van der Waals surface area contributed by atoms with Crippen LogP contribution in [0.2, 0.25) is 0 Å². The Balaban J connectivity index is 1.33. The van der Waals surface area contributed by atoms with Gasteiger partial charge in [-0.2, -0.15) is 13.2 Å². The van der Waals surface area contributed by atoms with Crippen molar-refractivity contribution in [3.05, 3.63) is 88.5 Å². The Kier molecular flexibility index (Phi) is 13.8. The number of nitrogens with one attached hydrogen (secondary N) is 2. The molecule has 1 heterocycles. The highest BCUT2D eigenvalue weighted by atomic mass is 19.4. The maximum absolute atomic E-state index is 13.9. The zero-order chi connectivity index (χ0) is 42.4. The van der Waals surface area contributed by atoms with Crippen LogP contribution in [0.4, 0.5) is 13.2 Å². The van der Waals surface area contributed by atoms with Crippen LogP contribution in [-0.4, -0.2) is 107 Å². The van der Waals surface area contributed by atoms with Crippen molar-refractivity contribution in [1.82, 2.24) is 10.6 Å². The van der Waals surface area contributed by atoms with Crippen molar-refractivity contribution in [3.63, 3.8) is 0 Å². The molecule has 1 saturated heterocycles. The molecule has 6 atom stereocenters. The summed E-state index contributed by atoms with van der Waals surface area (Å²) >= 11 is 0. The fraction of sp³-hybridized carbons (Fsp3) is 0.488. The van der Waals surface area contributed by atoms with Gasteiger partial charge in [-0.25, -0.2) is 9.59 Å². The van der Waals surface area contributed by atoms with Crippen molar-refractivity contribution in [2.45, 2.75) is 114 Å². The summed E-state index contributed by atoms with van der Waals surface area (Å²) in [6.45, 7) is 4.06. The van der Waals surface area contributed by atoms with E-state index in [-0.39, 0.29) is 36.0 Å². The lowest BCUT2D eigenvalue weighted by molar-refractivity contribution is -0.182. The molecule has 1 aliphatic heterocycles. The second-order valence-electron chi connectivity index (χ2n) is 15.4. The number of halogens is 3. The second-order valence-corrected chi connectivity index (χ2v) is 15.4. The Labute approximate surface area is 332 Å². The highest BCUT2D eigenvalue weighted by Gasteiger charge is 2.55. The molecule has 2 aromatic carbocycles. The third kappa shape index (κ3) is 11.7. The van der Waals surface area contributed by atoms with Crippen molar-refractivity contribution in [2.24, 2.45) is 0 Å². The smallest absolute Gasteiger partial charge is 0.422 e. The molecule has 0 radical (unpaired) electrons. The van der Waals surface area contributed by atoms with Gasteiger partial charge in [0.2, 0.25) is 11.8 Å². The van der Waals surface area contributed by atoms with E-state index >= 15 is 0 Å². The number of hydrogen-bond acceptors (Lipinski definition) is 12. The Morgan fingerprint density at radius 2 is 1.64 bits per heavy atom. The second kappa shape index (κ2) is 18.2. The average molecular weight is 817 g/mol. The highest BCUT2D eigenvalue weighted by Crippen LogP contribution is 2.45. The van der Waals surface area contributed by atoms with Crippen molar-refractivity contribution in [2.75, 3.05) is 13.2 Å². The number of carbonyl (C=O) groups is 5. The predicted molar refractivity (Wildman–Crippen MR) is 198 cm³/mol. The van der Waals surface area contributed by atoms with Gasteiger partial charge in [0.25, 0.3) is 0 Å². The molecule has 3 aliphatic rings. The minimum absolute atomic E-state index is 0.0168. The first-order chi connectivity index (χ1) is 27.2. The molecule has 17 heteroatoms. The first-order valence-electron chi connectivity index (χ1n) is 18.7. The summed E-state index contributed by atoms with van der Waals surface area (Å²) in [5.74, 6) is -5.51. The molecule has 1 spiro atoms. The summed E-state index contributed by atoms with van der Waals surface area (Å²) in [5, 5.41) is 25.6. The number of fused-ring (bicyclic) bond motifs is 2. The van der Waals surface area contributed by atoms with Crippen molar-refractivity contribution < 1.29 is 71.0 Å². The van der Waals surface area contributed by atoms with E-state index < -0.39 is 97.0 Å². The number of amides is 2. The molecule has 6 unspecified atom stereocenters. The standard InChI is InChI=1S/C41H47F3N2O12/c1-23(48)34(37(52)45-28(21-47)14-16-33(50)57-39(2,3)4)46-36(51)27-17-30(35-31(18-27)56-40(58-35)19-25-10-5-6-11-26(25)20-40)55-38(53)29-12-8-7-9-24(29)13-15-32(49)54-22-41(42,43)44/h5-13,15,18,23,28,30-31,34-35,47-48H,14,16-17,19-22H2,1-4H3,(H,45,52)(H,46,51). The highest BCUT2D eigenvalue weighted by molar-refractivity contribution is 5.98. The van der Waals surface area contributed by atoms with Crippen LogP contribution < -0.4 is 10.6 Å². The molecule has 4 N–H and O–H groups in total. The van der Waals surface area contributed by atoms with Crippen molar-refractivity contribution in [1.29, 1.82) is 0 Å². The number of aliphatic hydroxyl groups is 2. The minimum atomic E-state index is -4.73. The number of ether oxygens (including phenoxy) is 5. The quantitative estimate of drug-likeness (QED) is 0.124. The van der Waals surface area contributed by atoms with E-state index in [1.54, 1.807) is 20.8 Å². The zero-order valence-corrected chi connectivity index (χ0v) is 32.4. The minimum Gasteiger partial charge on any atom is -0.460 e. The fourth-order valence-corrected chi connectivity index (χ4v) is 6.87. The van der Waals surface area contributed by atoms with E-state index in [9.17, 15) is 47.4 Å². The van der Waals surface area contributed by atoms with Crippen LogP contribution in [0.25, 0.3) is 6.08 Å². The molecule has 0 bridgehead atoms. The van der Waals surface area contributed by atoms with E-state index in [0.717, 1.165) is 23.3 Å². The number of alkyl halides is 3. The zero-order valence-electron chi connectivity index (χ0n) is 32.4. The molecule has 0 aromatic heterocycles. The number of benzene rings is 2. The third-order valence-corrected chi connectivity index (χ3v) is 9.46. The van der Waals surface area contributed by atoms with Gasteiger partial charge in [-0.15, -0.1) is 0 Å². The molecule has 314 valence electrons. The maximum Gasteiger partial charge on any atom is 0.422 e. The topological polar surface area (TPSA) is 196 Å². The van der Waals surface area contributed by atoms with E-state index in [4.69, 9.17) is 18.9 Å². The van der Waals surface area contributed by atoms with E-state index in [1.807, 2.05) is 24.3 Å². The SMILES string of the molecule is CC(O)C(NC(=O)C1=CC2OC3(Cc4ccccc4C3)OC2C(OC(=O)c2ccccc2C=CC(=O)OCC(F)(F)F)C1)C(=O)NC(CO)CCC(=O)OC(C)(C)C. The summed E-state index contributed by atoms with van der Waals surface area (Å²) in [6, 6.07) is 11.1. The summed E-state index contributed by atoms with van der Waals surface area (Å²) in [6.07, 6.45) is -5.32. The van der Waals surface area contributed by atoms with Crippen LogP contribution in [0.1, 0.15) is 74.0 Å². The molecule has 2 aliphatic carbocycles. The van der Waals surface area contributed by atoms with E-state index in [2.05, 4.69) is 15.4 Å². The molecule has 5 rings (SSSR count). The summed E-state index contributed by atoms with van der Waals surface area (Å²) < 4.78 is 66.0. The summed E-state index contributed by atoms with van der Waals surface area (Å²) in [4.78, 5) is 65.2. The number of rotatable bonds is 14. The molecule has 1 fully saturated rings. The predicted octanol–water partition coefficient (Wildman–Crippen LogP) is 3.40. The lowest BCUT2D eigenvalue weighted by Gasteiger charge is -2.31. The maximum atomic E-state index is 13.9. The summed E-state index contributed by atoms with van der Waals surface area (Å²) in [5.41, 5.74) is 1.36. The molecule has 58 heavy (non-hydrogen) atoms. The lowest BCUT2D eigenvalue weighted by Crippen LogP contribution is -2.55.